The van der Waals surface area contributed by atoms with Crippen molar-refractivity contribution >= 4 is 11.6 Å². The van der Waals surface area contributed by atoms with Gasteiger partial charge in [0.1, 0.15) is 12.7 Å². The number of carbonyl (C=O) groups excluding carboxylic acids is 1. The molecule has 1 aliphatic heterocycles. The van der Waals surface area contributed by atoms with Crippen molar-refractivity contribution in [3.05, 3.63) is 63.7 Å². The topological polar surface area (TPSA) is 90.7 Å². The summed E-state index contributed by atoms with van der Waals surface area (Å²) >= 11 is 0. The summed E-state index contributed by atoms with van der Waals surface area (Å²) in [5.74, 6) is 1.02. The Labute approximate surface area is 138 Å². The number of nitrogens with zero attached hydrogens (tertiary/aromatic N) is 1. The summed E-state index contributed by atoms with van der Waals surface area (Å²) in [5.41, 5.74) is 0.807. The number of ether oxygens (including phenoxy) is 2. The monoisotopic (exact) mass is 328 g/mol. The highest BCUT2D eigenvalue weighted by molar-refractivity contribution is 5.94. The molecule has 0 spiro atoms. The first-order valence-corrected chi connectivity index (χ1v) is 7.46. The molecule has 1 atom stereocenters. The van der Waals surface area contributed by atoms with Gasteiger partial charge in [0, 0.05) is 17.2 Å². The van der Waals surface area contributed by atoms with Gasteiger partial charge in [-0.15, -0.1) is 0 Å². The van der Waals surface area contributed by atoms with Crippen LogP contribution in [0.25, 0.3) is 0 Å². The molecule has 0 aromatic heterocycles. The molecular formula is C17H16N2O5. The lowest BCUT2D eigenvalue weighted by atomic mass is 10.1. The third-order valence-corrected chi connectivity index (χ3v) is 3.71. The highest BCUT2D eigenvalue weighted by Crippen LogP contribution is 2.30. The molecule has 0 saturated carbocycles. The van der Waals surface area contributed by atoms with Crippen LogP contribution in [0.5, 0.6) is 11.5 Å². The van der Waals surface area contributed by atoms with E-state index in [9.17, 15) is 14.9 Å². The number of nitrogens with one attached hydrogen (secondary N) is 1. The minimum atomic E-state index is -0.471. The van der Waals surface area contributed by atoms with Crippen LogP contribution in [0.4, 0.5) is 5.69 Å². The van der Waals surface area contributed by atoms with Gasteiger partial charge in [-0.05, 0) is 31.2 Å². The zero-order valence-electron chi connectivity index (χ0n) is 13.0. The van der Waals surface area contributed by atoms with Crippen molar-refractivity contribution in [2.75, 3.05) is 13.2 Å². The van der Waals surface area contributed by atoms with Crippen LogP contribution in [-0.4, -0.2) is 30.1 Å². The van der Waals surface area contributed by atoms with Crippen molar-refractivity contribution < 1.29 is 19.2 Å². The second-order valence-corrected chi connectivity index (χ2v) is 5.47. The normalized spacial score (nSPS) is 15.6. The van der Waals surface area contributed by atoms with Crippen molar-refractivity contribution in [2.45, 2.75) is 13.0 Å². The Morgan fingerprint density at radius 3 is 2.75 bits per heavy atom. The molecule has 0 unspecified atom stereocenters. The Morgan fingerprint density at radius 2 is 2.04 bits per heavy atom. The third kappa shape index (κ3) is 3.29. The van der Waals surface area contributed by atoms with Crippen LogP contribution in [-0.2, 0) is 0 Å². The molecule has 1 amide bonds. The lowest BCUT2D eigenvalue weighted by Crippen LogP contribution is -2.40. The zero-order chi connectivity index (χ0) is 17.1. The van der Waals surface area contributed by atoms with E-state index in [1.54, 1.807) is 6.92 Å². The van der Waals surface area contributed by atoms with Crippen LogP contribution in [0.3, 0.4) is 0 Å². The fourth-order valence-corrected chi connectivity index (χ4v) is 2.47. The van der Waals surface area contributed by atoms with Crippen LogP contribution >= 0.6 is 0 Å². The van der Waals surface area contributed by atoms with Crippen molar-refractivity contribution in [3.8, 4) is 11.5 Å². The van der Waals surface area contributed by atoms with Crippen molar-refractivity contribution in [3.63, 3.8) is 0 Å². The predicted molar refractivity (Wildman–Crippen MR) is 86.5 cm³/mol. The molecule has 1 aliphatic rings. The molecule has 1 heterocycles. The van der Waals surface area contributed by atoms with Gasteiger partial charge in [-0.2, -0.15) is 0 Å². The Hall–Kier alpha value is -3.09. The number of para-hydroxylation sites is 2. The Bertz CT molecular complexity index is 790. The fraction of sp³-hybridized carbons (Fsp3) is 0.235. The third-order valence-electron chi connectivity index (χ3n) is 3.71. The number of nitro groups is 1. The molecule has 0 aliphatic carbocycles. The maximum absolute atomic E-state index is 12.2. The molecule has 0 bridgehead atoms. The van der Waals surface area contributed by atoms with E-state index in [-0.39, 0.29) is 24.2 Å². The number of rotatable bonds is 4. The molecule has 2 aromatic carbocycles. The van der Waals surface area contributed by atoms with Gasteiger partial charge in [-0.3, -0.25) is 14.9 Å². The summed E-state index contributed by atoms with van der Waals surface area (Å²) in [7, 11) is 0. The standard InChI is InChI=1S/C17H16N2O5/c1-11-8-12(6-7-14(11)19(21)22)17(20)18-9-13-10-23-15-4-2-3-5-16(15)24-13/h2-8,13H,9-10H2,1H3,(H,18,20)/t13-/m1/s1. The quantitative estimate of drug-likeness (QED) is 0.688. The van der Waals surface area contributed by atoms with Gasteiger partial charge in [-0.25, -0.2) is 0 Å². The maximum atomic E-state index is 12.2. The van der Waals surface area contributed by atoms with E-state index in [1.807, 2.05) is 24.3 Å². The lowest BCUT2D eigenvalue weighted by molar-refractivity contribution is -0.385. The summed E-state index contributed by atoms with van der Waals surface area (Å²) in [6.45, 7) is 2.23. The van der Waals surface area contributed by atoms with Crippen LogP contribution in [0.1, 0.15) is 15.9 Å². The SMILES string of the molecule is Cc1cc(C(=O)NC[C@@H]2COc3ccccc3O2)ccc1[N+](=O)[O-]. The number of nitro benzene ring substituents is 1. The molecule has 2 aromatic rings. The highest BCUT2D eigenvalue weighted by atomic mass is 16.6. The number of benzene rings is 2. The largest absolute Gasteiger partial charge is 0.486 e. The van der Waals surface area contributed by atoms with E-state index < -0.39 is 4.92 Å². The second-order valence-electron chi connectivity index (χ2n) is 5.47. The van der Waals surface area contributed by atoms with Crippen LogP contribution in [0.2, 0.25) is 0 Å². The van der Waals surface area contributed by atoms with Crippen LogP contribution in [0.15, 0.2) is 42.5 Å². The first-order chi connectivity index (χ1) is 11.5. The minimum Gasteiger partial charge on any atom is -0.486 e. The van der Waals surface area contributed by atoms with Gasteiger partial charge >= 0.3 is 0 Å². The van der Waals surface area contributed by atoms with E-state index in [4.69, 9.17) is 9.47 Å². The molecule has 7 nitrogen and oxygen atoms in total. The Balaban J connectivity index is 1.60. The highest BCUT2D eigenvalue weighted by Gasteiger charge is 2.21. The molecule has 1 N–H and O–H groups in total. The molecule has 7 heteroatoms. The van der Waals surface area contributed by atoms with Gasteiger partial charge < -0.3 is 14.8 Å². The summed E-state index contributed by atoms with van der Waals surface area (Å²) in [6, 6.07) is 11.6. The lowest BCUT2D eigenvalue weighted by Gasteiger charge is -2.26. The summed E-state index contributed by atoms with van der Waals surface area (Å²) in [6.07, 6.45) is -0.289. The van der Waals surface area contributed by atoms with E-state index in [0.29, 0.717) is 29.2 Å². The number of aryl methyl sites for hydroxylation is 1. The van der Waals surface area contributed by atoms with Gasteiger partial charge in [0.15, 0.2) is 11.5 Å². The van der Waals surface area contributed by atoms with Gasteiger partial charge in [0.05, 0.1) is 11.5 Å². The van der Waals surface area contributed by atoms with Crippen molar-refractivity contribution in [1.82, 2.24) is 5.32 Å². The molecule has 24 heavy (non-hydrogen) atoms. The second kappa shape index (κ2) is 6.57. The van der Waals surface area contributed by atoms with E-state index in [0.717, 1.165) is 0 Å². The number of fused-ring (bicyclic) bond motifs is 1. The number of hydrogen-bond acceptors (Lipinski definition) is 5. The van der Waals surface area contributed by atoms with E-state index in [2.05, 4.69) is 5.32 Å². The smallest absolute Gasteiger partial charge is 0.272 e. The van der Waals surface area contributed by atoms with Crippen molar-refractivity contribution in [1.29, 1.82) is 0 Å². The average Bonchev–Trinajstić information content (AvgIpc) is 2.59. The average molecular weight is 328 g/mol. The number of amides is 1. The van der Waals surface area contributed by atoms with E-state index >= 15 is 0 Å². The first-order valence-electron chi connectivity index (χ1n) is 7.46. The molecular weight excluding hydrogens is 312 g/mol. The number of hydrogen-bond donors (Lipinski definition) is 1. The summed E-state index contributed by atoms with van der Waals surface area (Å²) in [4.78, 5) is 22.5. The van der Waals surface area contributed by atoms with Crippen molar-refractivity contribution in [2.24, 2.45) is 0 Å². The minimum absolute atomic E-state index is 0.00725. The molecule has 0 saturated heterocycles. The summed E-state index contributed by atoms with van der Waals surface area (Å²) in [5, 5.41) is 13.6. The molecule has 3 rings (SSSR count). The van der Waals surface area contributed by atoms with Crippen LogP contribution in [0, 0.1) is 17.0 Å². The van der Waals surface area contributed by atoms with Gasteiger partial charge in [0.25, 0.3) is 11.6 Å². The zero-order valence-corrected chi connectivity index (χ0v) is 13.0. The number of carbonyl (C=O) groups is 1. The molecule has 0 fully saturated rings. The van der Waals surface area contributed by atoms with Gasteiger partial charge in [0.2, 0.25) is 0 Å². The predicted octanol–water partition coefficient (Wildman–Crippen LogP) is 2.47. The maximum Gasteiger partial charge on any atom is 0.272 e. The first kappa shape index (κ1) is 15.8. The fourth-order valence-electron chi connectivity index (χ4n) is 2.47. The Morgan fingerprint density at radius 1 is 1.29 bits per heavy atom. The van der Waals surface area contributed by atoms with E-state index in [1.165, 1.54) is 18.2 Å². The Kier molecular flexibility index (Phi) is 4.33. The van der Waals surface area contributed by atoms with Crippen LogP contribution < -0.4 is 14.8 Å². The molecule has 0 radical (unpaired) electrons. The summed E-state index contributed by atoms with van der Waals surface area (Å²) < 4.78 is 11.3. The van der Waals surface area contributed by atoms with Gasteiger partial charge in [-0.1, -0.05) is 12.1 Å². The molecule has 124 valence electrons.